The van der Waals surface area contributed by atoms with Crippen LogP contribution in [0.3, 0.4) is 0 Å². The zero-order valence-electron chi connectivity index (χ0n) is 72.2. The van der Waals surface area contributed by atoms with Crippen LogP contribution >= 0.6 is 0 Å². The van der Waals surface area contributed by atoms with Crippen molar-refractivity contribution in [2.45, 2.75) is 266 Å². The number of phenolic OH excluding ortho intramolecular Hbond substituents is 1. The maximum absolute atomic E-state index is 15.6. The molecule has 18 amide bonds. The van der Waals surface area contributed by atoms with Crippen molar-refractivity contribution < 1.29 is 111 Å². The second-order valence-corrected chi connectivity index (χ2v) is 34.1. The van der Waals surface area contributed by atoms with Crippen molar-refractivity contribution in [2.24, 2.45) is 29.0 Å². The highest BCUT2D eigenvalue weighted by atomic mass is 16.4. The van der Waals surface area contributed by atoms with E-state index < -0.39 is 235 Å². The van der Waals surface area contributed by atoms with Crippen LogP contribution in [0.25, 0.3) is 0 Å². The van der Waals surface area contributed by atoms with Gasteiger partial charge < -0.3 is 110 Å². The van der Waals surface area contributed by atoms with E-state index in [9.17, 15) is 82.4 Å². The molecule has 44 nitrogen and oxygen atoms in total. The molecule has 44 heteroatoms. The average Bonchev–Trinajstić information content (AvgIpc) is 1.63. The Bertz CT molecular complexity index is 4620. The lowest BCUT2D eigenvalue weighted by Gasteiger charge is -2.33. The third-order valence-electron chi connectivity index (χ3n) is 23.6. The largest absolute Gasteiger partial charge is 0.508 e. The highest BCUT2D eigenvalue weighted by Crippen LogP contribution is 2.32. The Kier molecular flexibility index (Phi) is 35.3. The summed E-state index contributed by atoms with van der Waals surface area (Å²) in [7, 11) is 1.33. The molecular formula is C84H117N21O23. The summed E-state index contributed by atoms with van der Waals surface area (Å²) in [6.07, 6.45) is -1.90. The predicted molar refractivity (Wildman–Crippen MR) is 449 cm³/mol. The van der Waals surface area contributed by atoms with Crippen molar-refractivity contribution >= 4 is 118 Å². The van der Waals surface area contributed by atoms with E-state index in [1.807, 2.05) is 0 Å². The first-order valence-electron chi connectivity index (χ1n) is 43.3. The fourth-order valence-electron chi connectivity index (χ4n) is 17.0. The minimum Gasteiger partial charge on any atom is -0.508 e. The van der Waals surface area contributed by atoms with Crippen LogP contribution in [0.5, 0.6) is 5.75 Å². The first-order chi connectivity index (χ1) is 60.8. The Morgan fingerprint density at radius 1 is 0.453 bits per heavy atom. The van der Waals surface area contributed by atoms with E-state index in [4.69, 9.17) is 17.2 Å². The zero-order chi connectivity index (χ0) is 93.5. The number of nitrogens with zero attached hydrogens (tertiary/aromatic N) is 8. The average molecular weight is 1790 g/mol. The maximum atomic E-state index is 15.6. The first kappa shape index (κ1) is 98.6. The number of carboxylic acids is 2. The van der Waals surface area contributed by atoms with Crippen molar-refractivity contribution in [3.63, 3.8) is 0 Å². The molecule has 2 aromatic carbocycles. The number of rotatable bonds is 44. The standard InChI is InChI=1S/C84H117N21O23/c1-44(2)37-55(94-71(114)50-26-31-68(110)89-50)73(116)91-52(23-28-65(85)107)79(122)100-33-9-17-62(100)76(119)96-57(39-46-13-7-6-8-14-46)82(125)102-35-10-15-60(102)74(117)92-53(24-29-66(86)108)80(123)104-42-48(105-43-59(98-99-105)70(113)88-5)41-64(104)78(121)90-51(27-32-69(111)112)72(115)95-56(38-45(3)4)81(124)101-34-12-18-63(101)77(120)97-58(40-47-19-21-49(106)22-20-47)83(126)103-36-11-16-61(103)75(118)93-54(84(127)128)25-30-67(87)109/h6-8,13-14,19-22,43-45,48,50-58,60-64,106H,9-12,15-18,23-42H2,1-5H3,(H2,85,107)(H2,86,108)(H2,87,109)(H,88,113)(H,89,110)(H,90,121)(H,91,116)(H,92,117)(H,93,118)(H,94,114)(H,95,115)(H,96,119)(H,97,120)(H,111,112)(H,127,128)/t48-,50+,51+,52+,53+,54+,55+,56+,57+,58+,60+,61+,62+,63+,64+/m1/s1. The molecule has 9 rings (SSSR count). The van der Waals surface area contributed by atoms with E-state index in [1.54, 1.807) is 58.0 Å². The molecule has 0 unspecified atom stereocenters. The number of nitrogens with two attached hydrogens (primary N) is 3. The van der Waals surface area contributed by atoms with E-state index in [0.29, 0.717) is 17.5 Å². The van der Waals surface area contributed by atoms with Gasteiger partial charge in [-0.1, -0.05) is 75.4 Å². The maximum Gasteiger partial charge on any atom is 0.326 e. The quantitative estimate of drug-likeness (QED) is 0.0256. The van der Waals surface area contributed by atoms with Crippen molar-refractivity contribution in [3.05, 3.63) is 77.6 Å². The molecule has 19 N–H and O–H groups in total. The number of primary amides is 3. The van der Waals surface area contributed by atoms with Gasteiger partial charge in [0.2, 0.25) is 100 Å². The normalized spacial score (nSPS) is 20.9. The molecule has 6 aliphatic heterocycles. The summed E-state index contributed by atoms with van der Waals surface area (Å²) < 4.78 is 1.20. The minimum atomic E-state index is -1.81. The molecule has 0 saturated carbocycles. The molecule has 3 aromatic rings. The molecule has 6 aliphatic rings. The van der Waals surface area contributed by atoms with E-state index in [1.165, 1.54) is 61.8 Å². The lowest BCUT2D eigenvalue weighted by molar-refractivity contribution is -0.146. The summed E-state index contributed by atoms with van der Waals surface area (Å²) in [5, 5.41) is 64.4. The van der Waals surface area contributed by atoms with Gasteiger partial charge in [0.25, 0.3) is 5.91 Å². The molecule has 6 fully saturated rings. The Labute approximate surface area is 737 Å². The van der Waals surface area contributed by atoms with Gasteiger partial charge in [-0.3, -0.25) is 91.1 Å². The highest BCUT2D eigenvalue weighted by Gasteiger charge is 2.49. The Balaban J connectivity index is 0.934. The molecule has 128 heavy (non-hydrogen) atoms. The third-order valence-corrected chi connectivity index (χ3v) is 23.6. The molecule has 0 spiro atoms. The molecule has 696 valence electrons. The van der Waals surface area contributed by atoms with Gasteiger partial charge in [0, 0.05) is 91.1 Å². The second-order valence-electron chi connectivity index (χ2n) is 34.1. The SMILES string of the molecule is CNC(=O)c1cn([C@@H]2C[C@@H](C(=O)N[C@@H](CCC(=O)O)C(=O)N[C@@H](CC(C)C)C(=O)N3CCC[C@H]3C(=O)N[C@@H](Cc3ccc(O)cc3)C(=O)N3CCC[C@H]3C(=O)N[C@@H](CCC(N)=O)C(=O)O)N(C(=O)[C@H](CCC(N)=O)NC(=O)[C@@H]3CCCN3C(=O)[C@H](Cc3ccccc3)NC(=O)[C@@H]3CCCN3C(=O)[C@H](CCC(N)=O)NC(=O)[C@H](CC(C)C)NC(=O)[C@@H]3CCC(=O)N3)C2)nn1. The number of likely N-dealkylation sites (tertiary alicyclic amines) is 5. The Hall–Kier alpha value is -13.2. The van der Waals surface area contributed by atoms with Gasteiger partial charge in [-0.05, 0) is 131 Å². The molecule has 6 saturated heterocycles. The van der Waals surface area contributed by atoms with Crippen molar-refractivity contribution in [1.29, 1.82) is 0 Å². The topological polar surface area (TPSA) is 647 Å². The lowest BCUT2D eigenvalue weighted by Crippen LogP contribution is -2.61. The van der Waals surface area contributed by atoms with Crippen LogP contribution < -0.4 is 70.4 Å². The van der Waals surface area contributed by atoms with Crippen LogP contribution in [0, 0.1) is 11.8 Å². The van der Waals surface area contributed by atoms with Crippen molar-refractivity contribution in [2.75, 3.05) is 39.8 Å². The second kappa shape index (κ2) is 45.8. The molecular weight excluding hydrogens is 1670 g/mol. The number of amides is 18. The van der Waals surface area contributed by atoms with E-state index in [2.05, 4.69) is 63.5 Å². The number of aromatic hydroxyl groups is 1. The van der Waals surface area contributed by atoms with Gasteiger partial charge >= 0.3 is 11.9 Å². The number of carboxylic acid groups (broad SMARTS) is 2. The van der Waals surface area contributed by atoms with Gasteiger partial charge in [0.15, 0.2) is 5.69 Å². The highest BCUT2D eigenvalue weighted by molar-refractivity contribution is 6.02. The molecule has 0 bridgehead atoms. The monoisotopic (exact) mass is 1790 g/mol. The van der Waals surface area contributed by atoms with Crippen LogP contribution in [0.4, 0.5) is 0 Å². The summed E-state index contributed by atoms with van der Waals surface area (Å²) in [6, 6.07) is -6.70. The number of aromatic nitrogens is 3. The Morgan fingerprint density at radius 3 is 1.30 bits per heavy atom. The van der Waals surface area contributed by atoms with Crippen LogP contribution in [-0.4, -0.2) is 297 Å². The summed E-state index contributed by atoms with van der Waals surface area (Å²) in [6.45, 7) is 6.46. The van der Waals surface area contributed by atoms with E-state index in [-0.39, 0.29) is 171 Å². The van der Waals surface area contributed by atoms with Crippen LogP contribution in [0.1, 0.15) is 190 Å². The van der Waals surface area contributed by atoms with Crippen LogP contribution in [-0.2, 0) is 104 Å². The first-order valence-corrected chi connectivity index (χ1v) is 43.3. The number of aliphatic carboxylic acids is 2. The third kappa shape index (κ3) is 26.9. The van der Waals surface area contributed by atoms with Gasteiger partial charge in [-0.25, -0.2) is 9.48 Å². The van der Waals surface area contributed by atoms with Crippen molar-refractivity contribution in [3.8, 4) is 5.75 Å². The number of nitrogens with one attached hydrogen (secondary N) is 10. The van der Waals surface area contributed by atoms with Crippen molar-refractivity contribution in [1.82, 2.24) is 92.7 Å². The fraction of sp³-hybridized carbons (Fsp3) is 0.595. The summed E-state index contributed by atoms with van der Waals surface area (Å²) in [5.74, 6) is -18.2. The van der Waals surface area contributed by atoms with E-state index >= 15 is 28.8 Å². The fourth-order valence-corrected chi connectivity index (χ4v) is 17.0. The van der Waals surface area contributed by atoms with E-state index in [0.717, 1.165) is 4.90 Å². The number of carbonyl (C=O) groups excluding carboxylic acids is 18. The molecule has 7 heterocycles. The number of hydrogen-bond acceptors (Lipinski definition) is 23. The van der Waals surface area contributed by atoms with Gasteiger partial charge in [0.1, 0.15) is 90.3 Å². The van der Waals surface area contributed by atoms with Gasteiger partial charge in [-0.15, -0.1) is 5.10 Å². The molecule has 15 atom stereocenters. The number of hydrogen-bond donors (Lipinski definition) is 16. The minimum absolute atomic E-state index is 0.00262. The Morgan fingerprint density at radius 2 is 0.844 bits per heavy atom. The number of carbonyl (C=O) groups is 20. The van der Waals surface area contributed by atoms with Crippen LogP contribution in [0.15, 0.2) is 60.8 Å². The lowest BCUT2D eigenvalue weighted by atomic mass is 10.0. The molecule has 1 aromatic heterocycles. The summed E-state index contributed by atoms with van der Waals surface area (Å²) in [4.78, 5) is 284. The van der Waals surface area contributed by atoms with Gasteiger partial charge in [0.05, 0.1) is 12.2 Å². The summed E-state index contributed by atoms with van der Waals surface area (Å²) in [5.41, 5.74) is 17.3. The smallest absolute Gasteiger partial charge is 0.326 e. The zero-order valence-corrected chi connectivity index (χ0v) is 72.2. The van der Waals surface area contributed by atoms with Gasteiger partial charge in [-0.2, -0.15) is 0 Å². The predicted octanol–water partition coefficient (Wildman–Crippen LogP) is -4.07. The summed E-state index contributed by atoms with van der Waals surface area (Å²) >= 11 is 0. The molecule has 0 aliphatic carbocycles. The molecule has 0 radical (unpaired) electrons. The van der Waals surface area contributed by atoms with Crippen LogP contribution in [0.2, 0.25) is 0 Å². The number of benzene rings is 2. The number of phenols is 1.